The largest absolute Gasteiger partial charge is 0.458 e. The smallest absolute Gasteiger partial charge is 0.331 e. The van der Waals surface area contributed by atoms with E-state index in [4.69, 9.17) is 71.1 Å². The molecule has 9 aliphatic rings. The summed E-state index contributed by atoms with van der Waals surface area (Å²) in [5, 5.41) is 79.2. The molecule has 0 unspecified atom stereocenters. The van der Waals surface area contributed by atoms with E-state index in [-0.39, 0.29) is 38.2 Å². The number of methoxy groups -OCH3 is 4. The topological polar surface area (TPSA) is 314 Å². The zero-order valence-corrected chi connectivity index (χ0v) is 52.5. The summed E-state index contributed by atoms with van der Waals surface area (Å²) in [5.41, 5.74) is -6.36. The van der Waals surface area contributed by atoms with Crippen LogP contribution in [-0.4, -0.2) is 241 Å². The number of fused-ring (bicyclic) bond motifs is 5. The summed E-state index contributed by atoms with van der Waals surface area (Å²) in [6.07, 6.45) is -10.3. The molecule has 0 radical (unpaired) electrons. The monoisotopic (exact) mass is 1250 g/mol. The first kappa shape index (κ1) is 67.9. The van der Waals surface area contributed by atoms with Crippen LogP contribution in [0.15, 0.2) is 48.1 Å². The molecule has 7 N–H and O–H groups in total. The van der Waals surface area contributed by atoms with Gasteiger partial charge in [-0.15, -0.1) is 0 Å². The second-order valence-electron chi connectivity index (χ2n) is 26.4. The minimum Gasteiger partial charge on any atom is -0.458 e. The van der Waals surface area contributed by atoms with Crippen LogP contribution in [-0.2, 0) is 80.6 Å². The first-order valence-electron chi connectivity index (χ1n) is 31.4. The number of hydrogen-bond donors (Lipinski definition) is 7. The summed E-state index contributed by atoms with van der Waals surface area (Å²) in [6, 6.07) is 9.27. The van der Waals surface area contributed by atoms with Crippen LogP contribution in [0.2, 0.25) is 0 Å². The summed E-state index contributed by atoms with van der Waals surface area (Å²) in [4.78, 5) is 27.0. The molecular formula is C64H96O24. The van der Waals surface area contributed by atoms with E-state index in [1.807, 2.05) is 57.2 Å². The molecule has 1 aromatic carbocycles. The Balaban J connectivity index is 0.723. The van der Waals surface area contributed by atoms with Gasteiger partial charge in [0, 0.05) is 66.1 Å². The minimum absolute atomic E-state index is 0.0639. The lowest BCUT2D eigenvalue weighted by Gasteiger charge is -2.67. The van der Waals surface area contributed by atoms with Crippen LogP contribution in [0.3, 0.4) is 0 Å². The van der Waals surface area contributed by atoms with Crippen molar-refractivity contribution in [1.82, 2.24) is 0 Å². The van der Waals surface area contributed by atoms with E-state index in [0.717, 1.165) is 11.1 Å². The number of aliphatic hydroxyl groups excluding tert-OH is 4. The fourth-order valence-corrected chi connectivity index (χ4v) is 16.5. The van der Waals surface area contributed by atoms with Crippen molar-refractivity contribution < 1.29 is 116 Å². The molecule has 0 bridgehead atoms. The fraction of sp³-hybridized carbons (Fsp3) is 0.812. The first-order valence-corrected chi connectivity index (χ1v) is 31.4. The SMILES string of the molecule is CO[C@H]1C[C@H](O[C@H]2[C@@H](OC)C[C@H](O[C@H]3CC[C@@]4(C)C(=CC[C@]5(O)[C@@H]4C[C@@H](OC(=O)/C=C/c4ccccc4)[C@@]4(C)[C@]5(O)CC[C@@]4(O)C(C)=O)C3)O[C@@H]2C)O[C@@H](C)[C@H]1O[C@H]1C[C@H](OC)[C@H](O[C@H]2C[C@@H](OC)[C@@H](O[C@@H]3O[C@H](CO)[C@@H](O)[C@H](O)[C@H]3O)[C@H](C)O2)[C@@H](C)O1. The van der Waals surface area contributed by atoms with Gasteiger partial charge in [0.15, 0.2) is 37.2 Å². The highest BCUT2D eigenvalue weighted by Gasteiger charge is 2.81. The van der Waals surface area contributed by atoms with Crippen LogP contribution in [0.4, 0.5) is 0 Å². The number of esters is 1. The van der Waals surface area contributed by atoms with Crippen molar-refractivity contribution in [3.8, 4) is 0 Å². The van der Waals surface area contributed by atoms with Gasteiger partial charge < -0.3 is 107 Å². The van der Waals surface area contributed by atoms with E-state index < -0.39 is 187 Å². The minimum atomic E-state index is -2.06. The Labute approximate surface area is 515 Å². The summed E-state index contributed by atoms with van der Waals surface area (Å²) in [7, 11) is 6.34. The fourth-order valence-electron chi connectivity index (χ4n) is 16.5. The Morgan fingerprint density at radius 1 is 0.625 bits per heavy atom. The highest BCUT2D eigenvalue weighted by molar-refractivity contribution is 5.88. The van der Waals surface area contributed by atoms with Crippen molar-refractivity contribution in [2.75, 3.05) is 35.0 Å². The number of ether oxygens (including phenoxy) is 15. The van der Waals surface area contributed by atoms with Crippen molar-refractivity contribution in [2.24, 2.45) is 16.7 Å². The molecular weight excluding hydrogens is 1150 g/mol. The Hall–Kier alpha value is -3.00. The maximum Gasteiger partial charge on any atom is 0.331 e. The van der Waals surface area contributed by atoms with Crippen LogP contribution in [0.25, 0.3) is 6.08 Å². The summed E-state index contributed by atoms with van der Waals surface area (Å²) < 4.78 is 94.3. The molecule has 4 aliphatic carbocycles. The van der Waals surface area contributed by atoms with E-state index in [1.165, 1.54) is 20.1 Å². The van der Waals surface area contributed by atoms with E-state index in [1.54, 1.807) is 41.3 Å². The van der Waals surface area contributed by atoms with Gasteiger partial charge in [-0.3, -0.25) is 4.79 Å². The van der Waals surface area contributed by atoms with Gasteiger partial charge in [-0.05, 0) is 104 Å². The predicted octanol–water partition coefficient (Wildman–Crippen LogP) is 3.06. The zero-order valence-electron chi connectivity index (χ0n) is 52.5. The third kappa shape index (κ3) is 12.4. The number of carbonyl (C=O) groups excluding carboxylic acids is 2. The molecule has 88 heavy (non-hydrogen) atoms. The summed E-state index contributed by atoms with van der Waals surface area (Å²) >= 11 is 0. The Morgan fingerprint density at radius 3 is 1.59 bits per heavy atom. The maximum absolute atomic E-state index is 13.7. The lowest BCUT2D eigenvalue weighted by atomic mass is 9.42. The molecule has 496 valence electrons. The van der Waals surface area contributed by atoms with E-state index in [9.17, 15) is 45.3 Å². The second kappa shape index (κ2) is 27.1. The van der Waals surface area contributed by atoms with Crippen molar-refractivity contribution >= 4 is 17.8 Å². The Morgan fingerprint density at radius 2 is 1.11 bits per heavy atom. The van der Waals surface area contributed by atoms with Crippen LogP contribution in [0.5, 0.6) is 0 Å². The molecule has 5 heterocycles. The molecule has 0 aromatic heterocycles. The molecule has 24 heteroatoms. The van der Waals surface area contributed by atoms with Gasteiger partial charge in [0.25, 0.3) is 0 Å². The molecule has 5 saturated heterocycles. The lowest BCUT2D eigenvalue weighted by molar-refractivity contribution is -0.358. The van der Waals surface area contributed by atoms with Crippen LogP contribution < -0.4 is 0 Å². The molecule has 0 spiro atoms. The summed E-state index contributed by atoms with van der Waals surface area (Å²) in [6.45, 7) is 11.8. The van der Waals surface area contributed by atoms with E-state index >= 15 is 0 Å². The zero-order chi connectivity index (χ0) is 63.4. The highest BCUT2D eigenvalue weighted by atomic mass is 16.8. The highest BCUT2D eigenvalue weighted by Crippen LogP contribution is 2.71. The molecule has 5 aliphatic heterocycles. The second-order valence-corrected chi connectivity index (χ2v) is 26.4. The van der Waals surface area contributed by atoms with Gasteiger partial charge in [0.05, 0.1) is 67.0 Å². The quantitative estimate of drug-likeness (QED) is 0.0595. The number of aliphatic hydroxyl groups is 7. The maximum atomic E-state index is 13.7. The third-order valence-corrected chi connectivity index (χ3v) is 21.7. The van der Waals surface area contributed by atoms with Crippen molar-refractivity contribution in [3.63, 3.8) is 0 Å². The van der Waals surface area contributed by atoms with Gasteiger partial charge in [0.1, 0.15) is 71.7 Å². The third-order valence-electron chi connectivity index (χ3n) is 21.7. The molecule has 0 amide bonds. The van der Waals surface area contributed by atoms with Gasteiger partial charge in [-0.25, -0.2) is 4.79 Å². The van der Waals surface area contributed by atoms with Crippen molar-refractivity contribution in [1.29, 1.82) is 0 Å². The van der Waals surface area contributed by atoms with E-state index in [0.29, 0.717) is 38.5 Å². The predicted molar refractivity (Wildman–Crippen MR) is 308 cm³/mol. The number of benzene rings is 1. The van der Waals surface area contributed by atoms with Crippen LogP contribution >= 0.6 is 0 Å². The molecule has 8 fully saturated rings. The van der Waals surface area contributed by atoms with Crippen molar-refractivity contribution in [3.05, 3.63) is 53.6 Å². The molecule has 10 rings (SSSR count). The van der Waals surface area contributed by atoms with Gasteiger partial charge >= 0.3 is 5.97 Å². The summed E-state index contributed by atoms with van der Waals surface area (Å²) in [5.74, 6) is -1.84. The molecule has 1 aromatic rings. The van der Waals surface area contributed by atoms with E-state index in [2.05, 4.69) is 6.92 Å². The van der Waals surface area contributed by atoms with Crippen molar-refractivity contribution in [2.45, 2.75) is 277 Å². The number of rotatable bonds is 19. The Kier molecular flexibility index (Phi) is 20.9. The normalized spacial score (nSPS) is 48.9. The average Bonchev–Trinajstić information content (AvgIpc) is 1.35. The van der Waals surface area contributed by atoms with Gasteiger partial charge in [-0.2, -0.15) is 0 Å². The van der Waals surface area contributed by atoms with Gasteiger partial charge in [-0.1, -0.05) is 48.9 Å². The first-order chi connectivity index (χ1) is 41.8. The molecule has 24 nitrogen and oxygen atoms in total. The number of carbonyl (C=O) groups is 2. The number of hydrogen-bond acceptors (Lipinski definition) is 24. The average molecular weight is 1250 g/mol. The standard InChI is InChI=1S/C64H96O24/c1-32-55(85-49-27-41(75-9)56(33(2)79-49)86-50-28-42(76-10)57(34(3)80-50)87-51-29-43(77-11)58(35(4)81-51)88-59-54(70)53(69)52(68)44(31-65)83-59)40(74-8)26-48(78-32)82-39-20-21-60(6)38(25-39)19-22-63(72)45(60)30-46(84-47(67)18-17-37-15-13-12-14-16-37)61(7)62(71,36(5)66)23-24-64(61,63)73/h12-19,32-35,39-46,48-59,65,68-73H,20-31H2,1-11H3/b18-17+/t32-,33+,34-,35+,39+,40+,41+,42+,43-,44-,45-,46-,48+,49+,50+,51+,52-,53+,54-,55-,56-,57-,58+,59+,60+,61-,62-,63+,64-/m1/s1. The van der Waals surface area contributed by atoms with Crippen LogP contribution in [0.1, 0.15) is 125 Å². The molecule has 29 atom stereocenters. The number of Topliss-reactive ketones (excluding diaryl/α,β-unsaturated/α-hetero) is 1. The van der Waals surface area contributed by atoms with Gasteiger partial charge in [0.2, 0.25) is 0 Å². The number of ketones is 1. The molecule has 3 saturated carbocycles. The Bertz CT molecular complexity index is 2590. The lowest BCUT2D eigenvalue weighted by Crippen LogP contribution is -2.78. The van der Waals surface area contributed by atoms with Crippen LogP contribution in [0, 0.1) is 16.7 Å².